The molecule has 124 valence electrons. The van der Waals surface area contributed by atoms with Gasteiger partial charge in [-0.3, -0.25) is 0 Å². The summed E-state index contributed by atoms with van der Waals surface area (Å²) in [5.74, 6) is 0.851. The monoisotopic (exact) mass is 336 g/mol. The smallest absolute Gasteiger partial charge is 0.339 e. The molecular weight excluding hydrogens is 316 g/mol. The largest absolute Gasteiger partial charge is 0.478 e. The molecule has 0 amide bonds. The zero-order valence-electron chi connectivity index (χ0n) is 13.1. The molecule has 6 heteroatoms. The Kier molecular flexibility index (Phi) is 3.54. The number of halogens is 1. The number of carboxylic acid groups (broad SMARTS) is 1. The van der Waals surface area contributed by atoms with Crippen LogP contribution in [0.3, 0.4) is 0 Å². The van der Waals surface area contributed by atoms with E-state index in [1.54, 1.807) is 6.07 Å². The normalized spacial score (nSPS) is 37.8. The second-order valence-electron chi connectivity index (χ2n) is 7.38. The Bertz CT molecular complexity index is 635. The van der Waals surface area contributed by atoms with Gasteiger partial charge >= 0.3 is 5.97 Å². The molecule has 0 spiro atoms. The van der Waals surface area contributed by atoms with E-state index in [2.05, 4.69) is 10.3 Å². The molecular formula is C17H21ClN2O3. The third-order valence-corrected chi connectivity index (χ3v) is 6.28. The van der Waals surface area contributed by atoms with Gasteiger partial charge in [-0.15, -0.1) is 0 Å². The van der Waals surface area contributed by atoms with Crippen molar-refractivity contribution >= 4 is 23.3 Å². The third-order valence-electron chi connectivity index (χ3n) is 6.07. The van der Waals surface area contributed by atoms with Crippen LogP contribution in [0.1, 0.15) is 42.5 Å². The van der Waals surface area contributed by atoms with E-state index in [1.165, 1.54) is 25.5 Å². The molecule has 4 bridgehead atoms. The van der Waals surface area contributed by atoms with Crippen LogP contribution in [-0.4, -0.2) is 34.8 Å². The van der Waals surface area contributed by atoms with Crippen LogP contribution in [0.2, 0.25) is 5.15 Å². The summed E-state index contributed by atoms with van der Waals surface area (Å²) in [7, 11) is 1.83. The molecule has 4 fully saturated rings. The number of carboxylic acids is 1. The van der Waals surface area contributed by atoms with Crippen molar-refractivity contribution in [1.82, 2.24) is 4.98 Å². The average Bonchev–Trinajstić information content (AvgIpc) is 2.50. The second-order valence-corrected chi connectivity index (χ2v) is 7.77. The molecule has 1 aromatic rings. The van der Waals surface area contributed by atoms with Gasteiger partial charge in [0.25, 0.3) is 0 Å². The molecule has 0 aromatic carbocycles. The Labute approximate surface area is 140 Å². The minimum atomic E-state index is -0.978. The number of rotatable bonds is 4. The van der Waals surface area contributed by atoms with Crippen LogP contribution >= 0.6 is 11.6 Å². The summed E-state index contributed by atoms with van der Waals surface area (Å²) in [6, 6.07) is 1.92. The lowest BCUT2D eigenvalue weighted by Crippen LogP contribution is -2.59. The van der Waals surface area contributed by atoms with Crippen LogP contribution in [0.25, 0.3) is 0 Å². The van der Waals surface area contributed by atoms with Gasteiger partial charge in [-0.05, 0) is 55.9 Å². The van der Waals surface area contributed by atoms with Crippen LogP contribution in [0, 0.1) is 17.8 Å². The maximum Gasteiger partial charge on any atom is 0.339 e. The highest BCUT2D eigenvalue weighted by molar-refractivity contribution is 6.29. The maximum atomic E-state index is 11.4. The molecule has 4 aliphatic rings. The average molecular weight is 337 g/mol. The van der Waals surface area contributed by atoms with Gasteiger partial charge in [0.2, 0.25) is 0 Å². The van der Waals surface area contributed by atoms with Gasteiger partial charge in [-0.1, -0.05) is 11.6 Å². The Balaban J connectivity index is 1.61. The van der Waals surface area contributed by atoms with Crippen molar-refractivity contribution in [3.05, 3.63) is 23.0 Å². The van der Waals surface area contributed by atoms with Crippen molar-refractivity contribution in [1.29, 1.82) is 0 Å². The Hall–Kier alpha value is -1.33. The standard InChI is InChI=1S/C17H21ClN2O3/c1-23-17-5-9-2-10(6-17)15(11(3-9)7-17)20-13-4-14(18)19-8-12(13)16(21)22/h4,8-11,15H,2-3,5-7H2,1H3,(H,19,20)(H,21,22)/t9?,10-,11?,15-,17-/m0/s1. The first-order valence-corrected chi connectivity index (χ1v) is 8.58. The van der Waals surface area contributed by atoms with E-state index in [4.69, 9.17) is 16.3 Å². The molecule has 5 rings (SSSR count). The number of hydrogen-bond donors (Lipinski definition) is 2. The molecule has 2 unspecified atom stereocenters. The van der Waals surface area contributed by atoms with Crippen molar-refractivity contribution in [2.45, 2.75) is 43.7 Å². The van der Waals surface area contributed by atoms with E-state index in [-0.39, 0.29) is 11.2 Å². The summed E-state index contributed by atoms with van der Waals surface area (Å²) in [5.41, 5.74) is 0.825. The van der Waals surface area contributed by atoms with E-state index < -0.39 is 5.97 Å². The van der Waals surface area contributed by atoms with Gasteiger partial charge in [0.1, 0.15) is 10.7 Å². The fraction of sp³-hybridized carbons (Fsp3) is 0.647. The highest BCUT2D eigenvalue weighted by Gasteiger charge is 2.55. The van der Waals surface area contributed by atoms with Crippen molar-refractivity contribution in [2.24, 2.45) is 17.8 Å². The summed E-state index contributed by atoms with van der Waals surface area (Å²) in [6.07, 6.45) is 7.07. The third kappa shape index (κ3) is 2.50. The van der Waals surface area contributed by atoms with Crippen molar-refractivity contribution in [3.63, 3.8) is 0 Å². The van der Waals surface area contributed by atoms with Crippen LogP contribution in [0.5, 0.6) is 0 Å². The lowest BCUT2D eigenvalue weighted by atomic mass is 9.52. The molecule has 4 saturated carbocycles. The molecule has 2 N–H and O–H groups in total. The highest BCUT2D eigenvalue weighted by atomic mass is 35.5. The maximum absolute atomic E-state index is 11.4. The van der Waals surface area contributed by atoms with E-state index in [1.807, 2.05) is 7.11 Å². The molecule has 5 nitrogen and oxygen atoms in total. The lowest BCUT2D eigenvalue weighted by Gasteiger charge is -2.59. The topological polar surface area (TPSA) is 71.5 Å². The number of nitrogens with one attached hydrogen (secondary N) is 1. The second kappa shape index (κ2) is 5.35. The molecule has 0 radical (unpaired) electrons. The van der Waals surface area contributed by atoms with Crippen molar-refractivity contribution in [2.75, 3.05) is 12.4 Å². The van der Waals surface area contributed by atoms with E-state index in [9.17, 15) is 9.90 Å². The SMILES string of the molecule is CO[C@]12CC3CC(C1)[C@@H](Nc1cc(Cl)ncc1C(=O)O)[C@@H](C3)C2. The van der Waals surface area contributed by atoms with Crippen LogP contribution in [-0.2, 0) is 4.74 Å². The van der Waals surface area contributed by atoms with Gasteiger partial charge in [0, 0.05) is 19.3 Å². The molecule has 1 aromatic heterocycles. The molecule has 5 atom stereocenters. The number of carbonyl (C=O) groups is 1. The fourth-order valence-corrected chi connectivity index (χ4v) is 5.49. The first-order valence-electron chi connectivity index (χ1n) is 8.20. The predicted octanol–water partition coefficient (Wildman–Crippen LogP) is 3.44. The summed E-state index contributed by atoms with van der Waals surface area (Å²) in [4.78, 5) is 15.3. The van der Waals surface area contributed by atoms with E-state index in [0.29, 0.717) is 28.7 Å². The first-order chi connectivity index (χ1) is 11.0. The zero-order valence-corrected chi connectivity index (χ0v) is 13.8. The molecule has 0 aliphatic heterocycles. The molecule has 23 heavy (non-hydrogen) atoms. The minimum absolute atomic E-state index is 0.0558. The van der Waals surface area contributed by atoms with Gasteiger partial charge in [0.05, 0.1) is 11.3 Å². The zero-order chi connectivity index (χ0) is 16.2. The molecule has 4 aliphatic carbocycles. The van der Waals surface area contributed by atoms with Gasteiger partial charge in [-0.25, -0.2) is 9.78 Å². The van der Waals surface area contributed by atoms with Crippen LogP contribution in [0.15, 0.2) is 12.3 Å². The predicted molar refractivity (Wildman–Crippen MR) is 86.9 cm³/mol. The number of pyridine rings is 1. The minimum Gasteiger partial charge on any atom is -0.478 e. The summed E-state index contributed by atoms with van der Waals surface area (Å²) in [5, 5.41) is 13.2. The number of ether oxygens (including phenoxy) is 1. The number of hydrogen-bond acceptors (Lipinski definition) is 4. The summed E-state index contributed by atoms with van der Waals surface area (Å²) in [6.45, 7) is 0. The van der Waals surface area contributed by atoms with Gasteiger partial charge in [0.15, 0.2) is 0 Å². The summed E-state index contributed by atoms with van der Waals surface area (Å²) < 4.78 is 5.88. The Morgan fingerprint density at radius 3 is 2.70 bits per heavy atom. The Morgan fingerprint density at radius 2 is 2.09 bits per heavy atom. The molecule has 1 heterocycles. The first kappa shape index (κ1) is 15.2. The lowest BCUT2D eigenvalue weighted by molar-refractivity contribution is -0.149. The van der Waals surface area contributed by atoms with E-state index in [0.717, 1.165) is 18.8 Å². The number of nitrogens with zero attached hydrogens (tertiary/aromatic N) is 1. The fourth-order valence-electron chi connectivity index (χ4n) is 5.33. The quantitative estimate of drug-likeness (QED) is 0.824. The Morgan fingerprint density at radius 1 is 1.39 bits per heavy atom. The number of aromatic carboxylic acids is 1. The number of anilines is 1. The van der Waals surface area contributed by atoms with Crippen LogP contribution in [0.4, 0.5) is 5.69 Å². The van der Waals surface area contributed by atoms with Crippen molar-refractivity contribution in [3.8, 4) is 0 Å². The van der Waals surface area contributed by atoms with Gasteiger partial charge in [-0.2, -0.15) is 0 Å². The van der Waals surface area contributed by atoms with E-state index >= 15 is 0 Å². The van der Waals surface area contributed by atoms with Crippen molar-refractivity contribution < 1.29 is 14.6 Å². The highest BCUT2D eigenvalue weighted by Crippen LogP contribution is 2.57. The van der Waals surface area contributed by atoms with Gasteiger partial charge < -0.3 is 15.2 Å². The van der Waals surface area contributed by atoms with Crippen LogP contribution < -0.4 is 5.32 Å². The molecule has 0 saturated heterocycles. The summed E-state index contributed by atoms with van der Waals surface area (Å²) >= 11 is 5.97. The number of methoxy groups -OCH3 is 1. The number of aromatic nitrogens is 1.